The van der Waals surface area contributed by atoms with Crippen molar-refractivity contribution in [2.24, 2.45) is 0 Å². The molecule has 4 nitrogen and oxygen atoms in total. The van der Waals surface area contributed by atoms with Crippen LogP contribution in [0.1, 0.15) is 20.8 Å². The van der Waals surface area contributed by atoms with Crippen LogP contribution in [0.4, 0.5) is 0 Å². The molecule has 24 heavy (non-hydrogen) atoms. The number of methoxy groups -OCH3 is 1. The zero-order chi connectivity index (χ0) is 16.7. The first-order valence-electron chi connectivity index (χ1n) is 7.39. The van der Waals surface area contributed by atoms with E-state index in [9.17, 15) is 9.59 Å². The number of thiazole rings is 1. The van der Waals surface area contributed by atoms with E-state index in [1.54, 1.807) is 7.11 Å². The quantitative estimate of drug-likeness (QED) is 0.518. The fourth-order valence-electron chi connectivity index (χ4n) is 3.04. The third kappa shape index (κ3) is 1.98. The van der Waals surface area contributed by atoms with Gasteiger partial charge in [0.2, 0.25) is 0 Å². The first-order chi connectivity index (χ1) is 11.8. The van der Waals surface area contributed by atoms with Gasteiger partial charge in [0.15, 0.2) is 12.6 Å². The van der Waals surface area contributed by atoms with Gasteiger partial charge in [0, 0.05) is 5.56 Å². The molecule has 0 N–H and O–H groups in total. The van der Waals surface area contributed by atoms with E-state index in [1.807, 2.05) is 52.9 Å². The van der Waals surface area contributed by atoms with E-state index >= 15 is 0 Å². The van der Waals surface area contributed by atoms with Crippen LogP contribution in [0, 0.1) is 0 Å². The number of nitrogens with zero attached hydrogens (tertiary/aromatic N) is 1. The predicted molar refractivity (Wildman–Crippen MR) is 95.5 cm³/mol. The minimum Gasteiger partial charge on any atom is -0.497 e. The number of hydrogen-bond donors (Lipinski definition) is 0. The van der Waals surface area contributed by atoms with Gasteiger partial charge in [-0.05, 0) is 29.8 Å². The minimum absolute atomic E-state index is 0.495. The fourth-order valence-corrected chi connectivity index (χ4v) is 4.21. The molecule has 0 saturated heterocycles. The summed E-state index contributed by atoms with van der Waals surface area (Å²) in [5.41, 5.74) is 3.46. The Morgan fingerprint density at radius 1 is 1.00 bits per heavy atom. The number of aromatic nitrogens is 1. The molecule has 4 aromatic rings. The molecule has 0 spiro atoms. The van der Waals surface area contributed by atoms with Crippen molar-refractivity contribution in [3.8, 4) is 16.9 Å². The lowest BCUT2D eigenvalue weighted by molar-refractivity contribution is 0.111. The van der Waals surface area contributed by atoms with Gasteiger partial charge in [0.1, 0.15) is 10.6 Å². The molecule has 0 radical (unpaired) electrons. The van der Waals surface area contributed by atoms with E-state index in [0.717, 1.165) is 38.9 Å². The van der Waals surface area contributed by atoms with Crippen molar-refractivity contribution >= 4 is 39.0 Å². The van der Waals surface area contributed by atoms with Gasteiger partial charge in [0.05, 0.1) is 28.6 Å². The second-order valence-electron chi connectivity index (χ2n) is 5.35. The molecule has 2 aromatic heterocycles. The second kappa shape index (κ2) is 5.62. The normalized spacial score (nSPS) is 11.0. The van der Waals surface area contributed by atoms with Crippen molar-refractivity contribution < 1.29 is 14.3 Å². The lowest BCUT2D eigenvalue weighted by Crippen LogP contribution is -1.92. The van der Waals surface area contributed by atoms with Crippen LogP contribution in [-0.4, -0.2) is 24.1 Å². The Hall–Kier alpha value is -2.92. The summed E-state index contributed by atoms with van der Waals surface area (Å²) in [7, 11) is 1.60. The molecule has 0 aliphatic rings. The molecule has 0 atom stereocenters. The zero-order valence-electron chi connectivity index (χ0n) is 12.9. The number of ether oxygens (including phenoxy) is 1. The van der Waals surface area contributed by atoms with Crippen molar-refractivity contribution in [3.63, 3.8) is 0 Å². The number of hydrogen-bond acceptors (Lipinski definition) is 4. The van der Waals surface area contributed by atoms with Gasteiger partial charge < -0.3 is 4.74 Å². The maximum absolute atomic E-state index is 11.9. The third-order valence-corrected chi connectivity index (χ3v) is 5.28. The van der Waals surface area contributed by atoms with Crippen LogP contribution in [-0.2, 0) is 0 Å². The van der Waals surface area contributed by atoms with E-state index < -0.39 is 0 Å². The molecule has 5 heteroatoms. The largest absolute Gasteiger partial charge is 0.497 e. The maximum Gasteiger partial charge on any atom is 0.167 e. The summed E-state index contributed by atoms with van der Waals surface area (Å²) in [5.74, 6) is 0.727. The van der Waals surface area contributed by atoms with Gasteiger partial charge in [-0.3, -0.25) is 14.0 Å². The summed E-state index contributed by atoms with van der Waals surface area (Å²) in [6.07, 6.45) is 1.65. The monoisotopic (exact) mass is 335 g/mol. The van der Waals surface area contributed by atoms with Gasteiger partial charge in [-0.1, -0.05) is 24.3 Å². The van der Waals surface area contributed by atoms with Crippen molar-refractivity contribution in [1.29, 1.82) is 0 Å². The summed E-state index contributed by atoms with van der Waals surface area (Å²) in [6, 6.07) is 15.2. The Labute approximate surface area is 141 Å². The van der Waals surface area contributed by atoms with Gasteiger partial charge in [-0.2, -0.15) is 0 Å². The lowest BCUT2D eigenvalue weighted by Gasteiger charge is -2.04. The number of aldehydes is 2. The molecule has 4 rings (SSSR count). The lowest BCUT2D eigenvalue weighted by atomic mass is 10.0. The number of fused-ring (bicyclic) bond motifs is 3. The van der Waals surface area contributed by atoms with E-state index in [0.29, 0.717) is 16.8 Å². The summed E-state index contributed by atoms with van der Waals surface area (Å²) in [5, 5.41) is 0. The van der Waals surface area contributed by atoms with E-state index in [2.05, 4.69) is 0 Å². The summed E-state index contributed by atoms with van der Waals surface area (Å²) in [6.45, 7) is 0. The number of carbonyl (C=O) groups is 2. The highest BCUT2D eigenvalue weighted by atomic mass is 32.1. The average molecular weight is 335 g/mol. The third-order valence-electron chi connectivity index (χ3n) is 4.12. The van der Waals surface area contributed by atoms with Gasteiger partial charge in [0.25, 0.3) is 0 Å². The topological polar surface area (TPSA) is 47.8 Å². The molecule has 0 bridgehead atoms. The highest BCUT2D eigenvalue weighted by Crippen LogP contribution is 2.38. The molecule has 0 amide bonds. The standard InChI is InChI=1S/C19H13NO3S/c1-23-13-8-6-12(7-9-13)18-14(10-21)19-20(16(18)11-22)15-4-2-3-5-17(15)24-19/h2-11H,1H3. The van der Waals surface area contributed by atoms with Gasteiger partial charge in [-0.25, -0.2) is 0 Å². The van der Waals surface area contributed by atoms with Gasteiger partial charge in [-0.15, -0.1) is 11.3 Å². The van der Waals surface area contributed by atoms with E-state index in [-0.39, 0.29) is 0 Å². The number of carbonyl (C=O) groups excluding carboxylic acids is 2. The molecule has 0 fully saturated rings. The molecule has 0 aliphatic carbocycles. The Kier molecular flexibility index (Phi) is 3.43. The van der Waals surface area contributed by atoms with Crippen molar-refractivity contribution in [2.75, 3.05) is 7.11 Å². The molecule has 2 heterocycles. The minimum atomic E-state index is 0.495. The Bertz CT molecular complexity index is 1070. The number of rotatable bonds is 4. The van der Waals surface area contributed by atoms with E-state index in [1.165, 1.54) is 11.3 Å². The van der Waals surface area contributed by atoms with Crippen LogP contribution in [0.2, 0.25) is 0 Å². The van der Waals surface area contributed by atoms with Gasteiger partial charge >= 0.3 is 0 Å². The molecular weight excluding hydrogens is 322 g/mol. The predicted octanol–water partition coefficient (Wildman–Crippen LogP) is 4.45. The molecular formula is C19H13NO3S. The van der Waals surface area contributed by atoms with Crippen molar-refractivity contribution in [1.82, 2.24) is 4.40 Å². The van der Waals surface area contributed by atoms with Crippen LogP contribution in [0.15, 0.2) is 48.5 Å². The van der Waals surface area contributed by atoms with Crippen LogP contribution < -0.4 is 4.74 Å². The molecule has 0 saturated carbocycles. The number of benzene rings is 2. The maximum atomic E-state index is 11.9. The smallest absolute Gasteiger partial charge is 0.167 e. The SMILES string of the molecule is COc1ccc(-c2c(C=O)c3sc4ccccc4n3c2C=O)cc1. The highest BCUT2D eigenvalue weighted by molar-refractivity contribution is 7.24. The van der Waals surface area contributed by atoms with Crippen molar-refractivity contribution in [2.45, 2.75) is 0 Å². The van der Waals surface area contributed by atoms with Crippen LogP contribution in [0.5, 0.6) is 5.75 Å². The second-order valence-corrected chi connectivity index (χ2v) is 6.38. The summed E-state index contributed by atoms with van der Waals surface area (Å²) >= 11 is 1.51. The Balaban J connectivity index is 2.10. The number of para-hydroxylation sites is 1. The first kappa shape index (κ1) is 14.7. The molecule has 0 unspecified atom stereocenters. The first-order valence-corrected chi connectivity index (χ1v) is 8.21. The van der Waals surface area contributed by atoms with Crippen LogP contribution >= 0.6 is 11.3 Å². The van der Waals surface area contributed by atoms with Crippen LogP contribution in [0.25, 0.3) is 26.2 Å². The van der Waals surface area contributed by atoms with Crippen molar-refractivity contribution in [3.05, 3.63) is 59.8 Å². The molecule has 0 aliphatic heterocycles. The fraction of sp³-hybridized carbons (Fsp3) is 0.0526. The zero-order valence-corrected chi connectivity index (χ0v) is 13.7. The summed E-state index contributed by atoms with van der Waals surface area (Å²) in [4.78, 5) is 24.4. The summed E-state index contributed by atoms with van der Waals surface area (Å²) < 4.78 is 8.09. The Morgan fingerprint density at radius 2 is 1.75 bits per heavy atom. The van der Waals surface area contributed by atoms with Crippen LogP contribution in [0.3, 0.4) is 0 Å². The van der Waals surface area contributed by atoms with E-state index in [4.69, 9.17) is 4.74 Å². The Morgan fingerprint density at radius 3 is 2.42 bits per heavy atom. The molecule has 118 valence electrons. The molecule has 2 aromatic carbocycles. The average Bonchev–Trinajstić information content (AvgIpc) is 3.15. The highest BCUT2D eigenvalue weighted by Gasteiger charge is 2.22.